The van der Waals surface area contributed by atoms with Gasteiger partial charge in [-0.15, -0.1) is 0 Å². The van der Waals surface area contributed by atoms with E-state index in [9.17, 15) is 9.59 Å². The Bertz CT molecular complexity index is 244. The van der Waals surface area contributed by atoms with E-state index in [4.69, 9.17) is 5.11 Å². The van der Waals surface area contributed by atoms with E-state index < -0.39 is 12.0 Å². The first-order chi connectivity index (χ1) is 8.01. The summed E-state index contributed by atoms with van der Waals surface area (Å²) in [5.41, 5.74) is 0. The predicted molar refractivity (Wildman–Crippen MR) is 66.9 cm³/mol. The van der Waals surface area contributed by atoms with Gasteiger partial charge in [0.15, 0.2) is 0 Å². The number of nitrogens with one attached hydrogen (secondary N) is 1. The minimum Gasteiger partial charge on any atom is -0.480 e. The fraction of sp³-hybridized carbons (Fsp3) is 0.833. The van der Waals surface area contributed by atoms with Gasteiger partial charge in [-0.1, -0.05) is 20.3 Å². The van der Waals surface area contributed by atoms with Crippen LogP contribution in [0.5, 0.6) is 0 Å². The van der Waals surface area contributed by atoms with Crippen LogP contribution in [0.2, 0.25) is 0 Å². The molecule has 0 aromatic rings. The third-order valence-electron chi connectivity index (χ3n) is 2.66. The molecule has 0 fully saturated rings. The van der Waals surface area contributed by atoms with E-state index in [1.54, 1.807) is 6.92 Å². The largest absolute Gasteiger partial charge is 0.480 e. The molecule has 0 aliphatic rings. The first-order valence-electron chi connectivity index (χ1n) is 6.21. The number of unbranched alkanes of at least 4 members (excludes halogenated alkanes) is 1. The number of carbonyl (C=O) groups excluding carboxylic acids is 1. The lowest BCUT2D eigenvalue weighted by molar-refractivity contribution is -0.141. The van der Waals surface area contributed by atoms with Gasteiger partial charge in [0.2, 0.25) is 5.91 Å². The molecule has 2 N–H and O–H groups in total. The Morgan fingerprint density at radius 3 is 2.41 bits per heavy atom. The van der Waals surface area contributed by atoms with Crippen LogP contribution >= 0.6 is 0 Å². The molecule has 100 valence electrons. The summed E-state index contributed by atoms with van der Waals surface area (Å²) in [7, 11) is 1.97. The number of nitrogens with zero attached hydrogens (tertiary/aromatic N) is 1. The van der Waals surface area contributed by atoms with Crippen molar-refractivity contribution in [2.24, 2.45) is 0 Å². The number of amides is 1. The van der Waals surface area contributed by atoms with Crippen LogP contribution in [0.25, 0.3) is 0 Å². The van der Waals surface area contributed by atoms with Gasteiger partial charge in [-0.3, -0.25) is 4.79 Å². The molecule has 1 atom stereocenters. The first-order valence-corrected chi connectivity index (χ1v) is 6.21. The van der Waals surface area contributed by atoms with Crippen molar-refractivity contribution in [3.8, 4) is 0 Å². The van der Waals surface area contributed by atoms with Gasteiger partial charge in [0.05, 0.1) is 0 Å². The molecule has 0 aromatic carbocycles. The summed E-state index contributed by atoms with van der Waals surface area (Å²) in [6.45, 7) is 5.51. The molecule has 5 nitrogen and oxygen atoms in total. The summed E-state index contributed by atoms with van der Waals surface area (Å²) in [4.78, 5) is 24.3. The molecule has 0 saturated carbocycles. The molecule has 5 heteroatoms. The maximum Gasteiger partial charge on any atom is 0.326 e. The van der Waals surface area contributed by atoms with Crippen LogP contribution in [0.4, 0.5) is 0 Å². The normalized spacial score (nSPS) is 12.5. The topological polar surface area (TPSA) is 69.6 Å². The Morgan fingerprint density at radius 1 is 1.29 bits per heavy atom. The van der Waals surface area contributed by atoms with E-state index in [1.165, 1.54) is 0 Å². The molecular formula is C12H24N2O3. The lowest BCUT2D eigenvalue weighted by Crippen LogP contribution is -2.41. The maximum atomic E-state index is 11.5. The highest BCUT2D eigenvalue weighted by atomic mass is 16.4. The second kappa shape index (κ2) is 8.98. The van der Waals surface area contributed by atoms with Crippen LogP contribution in [-0.2, 0) is 9.59 Å². The van der Waals surface area contributed by atoms with Crippen molar-refractivity contribution in [2.45, 2.75) is 45.6 Å². The van der Waals surface area contributed by atoms with Gasteiger partial charge in [-0.2, -0.15) is 0 Å². The van der Waals surface area contributed by atoms with Gasteiger partial charge in [0.1, 0.15) is 6.04 Å². The average Bonchev–Trinajstić information content (AvgIpc) is 2.30. The monoisotopic (exact) mass is 244 g/mol. The molecule has 0 aliphatic heterocycles. The molecule has 0 radical (unpaired) electrons. The van der Waals surface area contributed by atoms with E-state index in [-0.39, 0.29) is 5.91 Å². The Balaban J connectivity index is 3.82. The standard InChI is InChI=1S/C12H24N2O3/c1-4-6-8-14(3)9-7-11(15)13-10(5-2)12(16)17/h10H,4-9H2,1-3H3,(H,13,15)(H,16,17). The molecule has 0 aromatic heterocycles. The Hall–Kier alpha value is -1.10. The van der Waals surface area contributed by atoms with Gasteiger partial charge in [0, 0.05) is 13.0 Å². The van der Waals surface area contributed by atoms with Crippen LogP contribution in [0, 0.1) is 0 Å². The van der Waals surface area contributed by atoms with Crippen molar-refractivity contribution < 1.29 is 14.7 Å². The van der Waals surface area contributed by atoms with Crippen LogP contribution in [0.1, 0.15) is 39.5 Å². The van der Waals surface area contributed by atoms with Gasteiger partial charge < -0.3 is 15.3 Å². The smallest absolute Gasteiger partial charge is 0.326 e. The van der Waals surface area contributed by atoms with Crippen LogP contribution in [0.3, 0.4) is 0 Å². The molecule has 0 spiro atoms. The minimum atomic E-state index is -0.972. The molecule has 0 bridgehead atoms. The summed E-state index contributed by atoms with van der Waals surface area (Å²) in [5, 5.41) is 11.3. The Morgan fingerprint density at radius 2 is 1.94 bits per heavy atom. The van der Waals surface area contributed by atoms with E-state index in [1.807, 2.05) is 7.05 Å². The summed E-state index contributed by atoms with van der Waals surface area (Å²) < 4.78 is 0. The van der Waals surface area contributed by atoms with E-state index in [0.29, 0.717) is 19.4 Å². The maximum absolute atomic E-state index is 11.5. The molecule has 1 unspecified atom stereocenters. The zero-order valence-electron chi connectivity index (χ0n) is 11.0. The highest BCUT2D eigenvalue weighted by Gasteiger charge is 2.17. The first kappa shape index (κ1) is 15.9. The van der Waals surface area contributed by atoms with Gasteiger partial charge in [-0.05, 0) is 26.4 Å². The minimum absolute atomic E-state index is 0.192. The van der Waals surface area contributed by atoms with Crippen LogP contribution in [0.15, 0.2) is 0 Å². The second-order valence-corrected chi connectivity index (χ2v) is 4.27. The predicted octanol–water partition coefficient (Wildman–Crippen LogP) is 1.09. The number of carbonyl (C=O) groups is 2. The highest BCUT2D eigenvalue weighted by Crippen LogP contribution is 1.96. The molecule has 0 aliphatic carbocycles. The average molecular weight is 244 g/mol. The number of carboxylic acid groups (broad SMARTS) is 1. The highest BCUT2D eigenvalue weighted by molar-refractivity contribution is 5.83. The van der Waals surface area contributed by atoms with Crippen molar-refractivity contribution in [1.82, 2.24) is 10.2 Å². The molecule has 0 rings (SSSR count). The van der Waals surface area contributed by atoms with Gasteiger partial charge in [-0.25, -0.2) is 4.79 Å². The third-order valence-corrected chi connectivity index (χ3v) is 2.66. The fourth-order valence-corrected chi connectivity index (χ4v) is 1.44. The zero-order valence-corrected chi connectivity index (χ0v) is 11.0. The molecule has 17 heavy (non-hydrogen) atoms. The summed E-state index contributed by atoms with van der Waals surface area (Å²) >= 11 is 0. The summed E-state index contributed by atoms with van der Waals surface area (Å²) in [5.74, 6) is -1.16. The SMILES string of the molecule is CCCCN(C)CCC(=O)NC(CC)C(=O)O. The van der Waals surface area contributed by atoms with E-state index in [2.05, 4.69) is 17.1 Å². The fourth-order valence-electron chi connectivity index (χ4n) is 1.44. The van der Waals surface area contributed by atoms with Crippen molar-refractivity contribution in [3.05, 3.63) is 0 Å². The lowest BCUT2D eigenvalue weighted by Gasteiger charge is -2.17. The second-order valence-electron chi connectivity index (χ2n) is 4.27. The lowest BCUT2D eigenvalue weighted by atomic mass is 10.2. The van der Waals surface area contributed by atoms with Crippen molar-refractivity contribution in [2.75, 3.05) is 20.1 Å². The molecular weight excluding hydrogens is 220 g/mol. The zero-order chi connectivity index (χ0) is 13.3. The van der Waals surface area contributed by atoms with Crippen molar-refractivity contribution in [3.63, 3.8) is 0 Å². The Kier molecular flexibility index (Phi) is 8.40. The molecule has 0 saturated heterocycles. The van der Waals surface area contributed by atoms with Gasteiger partial charge >= 0.3 is 5.97 Å². The Labute approximate surface area is 103 Å². The van der Waals surface area contributed by atoms with E-state index in [0.717, 1.165) is 19.4 Å². The third kappa shape index (κ3) is 7.74. The molecule has 1 amide bonds. The number of rotatable bonds is 9. The van der Waals surface area contributed by atoms with E-state index >= 15 is 0 Å². The quantitative estimate of drug-likeness (QED) is 0.637. The molecule has 0 heterocycles. The number of hydrogen-bond donors (Lipinski definition) is 2. The number of carboxylic acids is 1. The van der Waals surface area contributed by atoms with Crippen molar-refractivity contribution >= 4 is 11.9 Å². The van der Waals surface area contributed by atoms with Crippen LogP contribution in [-0.4, -0.2) is 48.1 Å². The summed E-state index contributed by atoms with van der Waals surface area (Å²) in [6.07, 6.45) is 3.01. The van der Waals surface area contributed by atoms with Crippen LogP contribution < -0.4 is 5.32 Å². The summed E-state index contributed by atoms with van der Waals surface area (Å²) in [6, 6.07) is -0.761. The number of aliphatic carboxylic acids is 1. The van der Waals surface area contributed by atoms with Crippen molar-refractivity contribution in [1.29, 1.82) is 0 Å². The number of hydrogen-bond acceptors (Lipinski definition) is 3. The van der Waals surface area contributed by atoms with Gasteiger partial charge in [0.25, 0.3) is 0 Å².